The molecule has 128 valence electrons. The van der Waals surface area contributed by atoms with Crippen LogP contribution in [0.25, 0.3) is 0 Å². The summed E-state index contributed by atoms with van der Waals surface area (Å²) in [7, 11) is 0. The molecule has 0 aliphatic heterocycles. The van der Waals surface area contributed by atoms with Crippen LogP contribution in [0.5, 0.6) is 0 Å². The number of halogens is 1. The summed E-state index contributed by atoms with van der Waals surface area (Å²) in [6.45, 7) is 5.81. The topological polar surface area (TPSA) is 84.2 Å². The van der Waals surface area contributed by atoms with E-state index in [-0.39, 0.29) is 41.7 Å². The van der Waals surface area contributed by atoms with Gasteiger partial charge in [-0.3, -0.25) is 9.59 Å². The van der Waals surface area contributed by atoms with Gasteiger partial charge in [0.05, 0.1) is 0 Å². The monoisotopic (exact) mass is 339 g/mol. The number of benzene rings is 1. The fourth-order valence-electron chi connectivity index (χ4n) is 2.62. The first-order valence-electron chi connectivity index (χ1n) is 7.73. The van der Waals surface area contributed by atoms with Crippen LogP contribution in [-0.4, -0.2) is 23.4 Å². The fraction of sp³-hybridized carbons (Fsp3) is 0.529. The van der Waals surface area contributed by atoms with Crippen LogP contribution < -0.4 is 16.4 Å². The van der Waals surface area contributed by atoms with Gasteiger partial charge in [0.15, 0.2) is 0 Å². The molecule has 5 nitrogen and oxygen atoms in total. The number of nitrogens with one attached hydrogen (secondary N) is 2. The minimum absolute atomic E-state index is 0. The van der Waals surface area contributed by atoms with E-state index in [9.17, 15) is 9.59 Å². The van der Waals surface area contributed by atoms with Gasteiger partial charge in [0, 0.05) is 28.7 Å². The van der Waals surface area contributed by atoms with E-state index in [4.69, 9.17) is 5.73 Å². The standard InChI is InChI=1S/C17H25N3O2.ClH/c1-17(2,3)20-16(22)11-5-8-14(9-6-11)19-15(21)12-4-7-13(18)10-12;/h5-6,8-9,12-13H,4,7,10,18H2,1-3H3,(H,19,21)(H,20,22);1H. The highest BCUT2D eigenvalue weighted by Crippen LogP contribution is 2.25. The second-order valence-electron chi connectivity index (χ2n) is 7.04. The van der Waals surface area contributed by atoms with E-state index in [0.717, 1.165) is 19.3 Å². The Hall–Kier alpha value is -1.59. The molecular weight excluding hydrogens is 314 g/mol. The molecule has 0 radical (unpaired) electrons. The molecule has 1 aromatic carbocycles. The lowest BCUT2D eigenvalue weighted by Crippen LogP contribution is -2.40. The highest BCUT2D eigenvalue weighted by molar-refractivity contribution is 5.96. The lowest BCUT2D eigenvalue weighted by atomic mass is 10.1. The SMILES string of the molecule is CC(C)(C)NC(=O)c1ccc(NC(=O)C2CCC(N)C2)cc1.Cl. The highest BCUT2D eigenvalue weighted by Gasteiger charge is 2.27. The zero-order chi connectivity index (χ0) is 16.3. The molecule has 2 amide bonds. The van der Waals surface area contributed by atoms with E-state index in [1.54, 1.807) is 24.3 Å². The van der Waals surface area contributed by atoms with Crippen molar-refractivity contribution in [3.63, 3.8) is 0 Å². The van der Waals surface area contributed by atoms with Crippen LogP contribution in [0.3, 0.4) is 0 Å². The number of rotatable bonds is 3. The van der Waals surface area contributed by atoms with Gasteiger partial charge in [-0.15, -0.1) is 12.4 Å². The van der Waals surface area contributed by atoms with Crippen LogP contribution in [0, 0.1) is 5.92 Å². The number of nitrogens with two attached hydrogens (primary N) is 1. The second kappa shape index (κ2) is 7.79. The fourth-order valence-corrected chi connectivity index (χ4v) is 2.62. The predicted molar refractivity (Wildman–Crippen MR) is 94.9 cm³/mol. The van der Waals surface area contributed by atoms with Crippen molar-refractivity contribution in [2.24, 2.45) is 11.7 Å². The van der Waals surface area contributed by atoms with Crippen molar-refractivity contribution in [3.8, 4) is 0 Å². The maximum atomic E-state index is 12.1. The van der Waals surface area contributed by atoms with E-state index in [0.29, 0.717) is 11.3 Å². The zero-order valence-electron chi connectivity index (χ0n) is 13.9. The average molecular weight is 340 g/mol. The maximum Gasteiger partial charge on any atom is 0.251 e. The lowest BCUT2D eigenvalue weighted by molar-refractivity contribution is -0.119. The largest absolute Gasteiger partial charge is 0.347 e. The molecule has 0 bridgehead atoms. The summed E-state index contributed by atoms with van der Waals surface area (Å²) in [5.74, 6) is -0.106. The second-order valence-corrected chi connectivity index (χ2v) is 7.04. The molecule has 1 aliphatic rings. The average Bonchev–Trinajstić information content (AvgIpc) is 2.84. The van der Waals surface area contributed by atoms with Gasteiger partial charge >= 0.3 is 0 Å². The van der Waals surface area contributed by atoms with Gasteiger partial charge in [0.2, 0.25) is 5.91 Å². The summed E-state index contributed by atoms with van der Waals surface area (Å²) in [4.78, 5) is 24.1. The third-order valence-corrected chi connectivity index (χ3v) is 3.75. The van der Waals surface area contributed by atoms with E-state index >= 15 is 0 Å². The predicted octanol–water partition coefficient (Wildman–Crippen LogP) is 2.70. The first-order chi connectivity index (χ1) is 10.2. The quantitative estimate of drug-likeness (QED) is 0.791. The molecule has 4 N–H and O–H groups in total. The summed E-state index contributed by atoms with van der Waals surface area (Å²) < 4.78 is 0. The van der Waals surface area contributed by atoms with Gasteiger partial charge in [-0.1, -0.05) is 0 Å². The molecule has 23 heavy (non-hydrogen) atoms. The van der Waals surface area contributed by atoms with Crippen molar-refractivity contribution >= 4 is 29.9 Å². The molecular formula is C17H26ClN3O2. The van der Waals surface area contributed by atoms with E-state index in [1.165, 1.54) is 0 Å². The summed E-state index contributed by atoms with van der Waals surface area (Å²) in [6, 6.07) is 7.09. The maximum absolute atomic E-state index is 12.1. The number of amides is 2. The van der Waals surface area contributed by atoms with E-state index in [1.807, 2.05) is 20.8 Å². The van der Waals surface area contributed by atoms with Gasteiger partial charge in [-0.25, -0.2) is 0 Å². The molecule has 2 atom stereocenters. The minimum atomic E-state index is -0.273. The van der Waals surface area contributed by atoms with Crippen molar-refractivity contribution in [3.05, 3.63) is 29.8 Å². The van der Waals surface area contributed by atoms with Crippen LogP contribution >= 0.6 is 12.4 Å². The van der Waals surface area contributed by atoms with Crippen LogP contribution in [0.2, 0.25) is 0 Å². The van der Waals surface area contributed by atoms with Crippen molar-refractivity contribution < 1.29 is 9.59 Å². The van der Waals surface area contributed by atoms with Crippen LogP contribution in [0.1, 0.15) is 50.4 Å². The van der Waals surface area contributed by atoms with Crippen LogP contribution in [0.4, 0.5) is 5.69 Å². The van der Waals surface area contributed by atoms with Gasteiger partial charge in [0.25, 0.3) is 5.91 Å². The third-order valence-electron chi connectivity index (χ3n) is 3.75. The zero-order valence-corrected chi connectivity index (χ0v) is 14.7. The molecule has 0 aromatic heterocycles. The Bertz CT molecular complexity index is 552. The molecule has 1 saturated carbocycles. The molecule has 0 heterocycles. The van der Waals surface area contributed by atoms with E-state index < -0.39 is 0 Å². The number of carbonyl (C=O) groups is 2. The Labute approximate surface area is 143 Å². The Morgan fingerprint density at radius 3 is 2.22 bits per heavy atom. The van der Waals surface area contributed by atoms with Gasteiger partial charge < -0.3 is 16.4 Å². The lowest BCUT2D eigenvalue weighted by Gasteiger charge is -2.20. The molecule has 0 spiro atoms. The number of carbonyl (C=O) groups excluding carboxylic acids is 2. The molecule has 0 saturated heterocycles. The summed E-state index contributed by atoms with van der Waals surface area (Å²) >= 11 is 0. The normalized spacial score (nSPS) is 20.5. The summed E-state index contributed by atoms with van der Waals surface area (Å²) in [6.07, 6.45) is 2.50. The number of hydrogen-bond acceptors (Lipinski definition) is 3. The Morgan fingerprint density at radius 1 is 1.13 bits per heavy atom. The first kappa shape index (κ1) is 19.5. The summed E-state index contributed by atoms with van der Waals surface area (Å²) in [5, 5.41) is 5.80. The van der Waals surface area contributed by atoms with Gasteiger partial charge in [-0.2, -0.15) is 0 Å². The molecule has 1 aromatic rings. The van der Waals surface area contributed by atoms with Crippen molar-refractivity contribution in [2.45, 2.75) is 51.6 Å². The molecule has 2 unspecified atom stereocenters. The first-order valence-corrected chi connectivity index (χ1v) is 7.73. The highest BCUT2D eigenvalue weighted by atomic mass is 35.5. The molecule has 1 fully saturated rings. The van der Waals surface area contributed by atoms with Crippen LogP contribution in [0.15, 0.2) is 24.3 Å². The van der Waals surface area contributed by atoms with Crippen molar-refractivity contribution in [2.75, 3.05) is 5.32 Å². The Kier molecular flexibility index (Phi) is 6.59. The van der Waals surface area contributed by atoms with Crippen molar-refractivity contribution in [1.29, 1.82) is 0 Å². The number of anilines is 1. The molecule has 1 aliphatic carbocycles. The Balaban J connectivity index is 0.00000264. The van der Waals surface area contributed by atoms with Crippen LogP contribution in [-0.2, 0) is 4.79 Å². The van der Waals surface area contributed by atoms with E-state index in [2.05, 4.69) is 10.6 Å². The number of hydrogen-bond donors (Lipinski definition) is 3. The minimum Gasteiger partial charge on any atom is -0.347 e. The Morgan fingerprint density at radius 2 is 1.74 bits per heavy atom. The molecule has 6 heteroatoms. The van der Waals surface area contributed by atoms with Crippen molar-refractivity contribution in [1.82, 2.24) is 5.32 Å². The van der Waals surface area contributed by atoms with Gasteiger partial charge in [-0.05, 0) is 64.3 Å². The smallest absolute Gasteiger partial charge is 0.251 e. The van der Waals surface area contributed by atoms with Gasteiger partial charge in [0.1, 0.15) is 0 Å². The third kappa shape index (κ3) is 5.84. The summed E-state index contributed by atoms with van der Waals surface area (Å²) in [5.41, 5.74) is 6.85. The molecule has 2 rings (SSSR count).